The Morgan fingerprint density at radius 1 is 1.23 bits per heavy atom. The van der Waals surface area contributed by atoms with Gasteiger partial charge in [0.1, 0.15) is 10.8 Å². The number of phenols is 1. The van der Waals surface area contributed by atoms with Crippen LogP contribution in [0.15, 0.2) is 12.1 Å². The van der Waals surface area contributed by atoms with Crippen LogP contribution in [0.2, 0.25) is 10.0 Å². The van der Waals surface area contributed by atoms with Crippen LogP contribution in [0, 0.1) is 6.92 Å². The number of nitrogens with one attached hydrogen (secondary N) is 1. The highest BCUT2D eigenvalue weighted by Gasteiger charge is 2.10. The Labute approximate surface area is 85.1 Å². The lowest BCUT2D eigenvalue weighted by molar-refractivity contribution is 0.476. The number of hydrogen-bond acceptors (Lipinski definition) is 1. The second kappa shape index (κ2) is 2.82. The van der Waals surface area contributed by atoms with Gasteiger partial charge in [0.25, 0.3) is 0 Å². The van der Waals surface area contributed by atoms with Gasteiger partial charge in [-0.2, -0.15) is 0 Å². The van der Waals surface area contributed by atoms with E-state index in [9.17, 15) is 5.11 Å². The van der Waals surface area contributed by atoms with Gasteiger partial charge in [-0.1, -0.05) is 23.2 Å². The molecule has 2 aromatic rings. The van der Waals surface area contributed by atoms with E-state index in [4.69, 9.17) is 23.2 Å². The van der Waals surface area contributed by atoms with E-state index in [-0.39, 0.29) is 10.8 Å². The fourth-order valence-electron chi connectivity index (χ4n) is 1.34. The van der Waals surface area contributed by atoms with Crippen molar-refractivity contribution in [3.8, 4) is 5.75 Å². The maximum absolute atomic E-state index is 9.38. The molecule has 1 aromatic carbocycles. The molecule has 13 heavy (non-hydrogen) atoms. The monoisotopic (exact) mass is 215 g/mol. The fraction of sp³-hybridized carbons (Fsp3) is 0.111. The van der Waals surface area contributed by atoms with Crippen molar-refractivity contribution in [2.24, 2.45) is 0 Å². The van der Waals surface area contributed by atoms with Crippen molar-refractivity contribution in [1.82, 2.24) is 4.98 Å². The van der Waals surface area contributed by atoms with Crippen molar-refractivity contribution in [3.63, 3.8) is 0 Å². The first-order chi connectivity index (χ1) is 6.09. The molecule has 0 bridgehead atoms. The molecule has 0 saturated carbocycles. The maximum atomic E-state index is 9.38. The number of aryl methyl sites for hydroxylation is 1. The average Bonchev–Trinajstić information content (AvgIpc) is 2.42. The average molecular weight is 216 g/mol. The van der Waals surface area contributed by atoms with Crippen molar-refractivity contribution < 1.29 is 5.11 Å². The summed E-state index contributed by atoms with van der Waals surface area (Å²) < 4.78 is 0. The molecule has 0 unspecified atom stereocenters. The molecule has 1 aromatic heterocycles. The first-order valence-electron chi connectivity index (χ1n) is 3.76. The smallest absolute Gasteiger partial charge is 0.136 e. The predicted octanol–water partition coefficient (Wildman–Crippen LogP) is 3.49. The summed E-state index contributed by atoms with van der Waals surface area (Å²) >= 11 is 11.7. The number of rotatable bonds is 0. The number of aromatic nitrogens is 1. The standard InChI is InChI=1S/C9H7Cl2NO/c1-4-2-5-3-6(13)7(10)8(11)9(5)12-4/h2-3,12-13H,1H3. The van der Waals surface area contributed by atoms with E-state index in [0.29, 0.717) is 5.02 Å². The van der Waals surface area contributed by atoms with Gasteiger partial charge < -0.3 is 10.1 Å². The summed E-state index contributed by atoms with van der Waals surface area (Å²) in [6.45, 7) is 1.92. The lowest BCUT2D eigenvalue weighted by Gasteiger charge is -2.00. The predicted molar refractivity (Wildman–Crippen MR) is 54.7 cm³/mol. The van der Waals surface area contributed by atoms with E-state index in [1.807, 2.05) is 13.0 Å². The van der Waals surface area contributed by atoms with Gasteiger partial charge in [0.2, 0.25) is 0 Å². The van der Waals surface area contributed by atoms with Crippen LogP contribution in [0.5, 0.6) is 5.75 Å². The molecule has 2 nitrogen and oxygen atoms in total. The molecular weight excluding hydrogens is 209 g/mol. The second-order valence-electron chi connectivity index (χ2n) is 2.94. The van der Waals surface area contributed by atoms with Gasteiger partial charge in [0.15, 0.2) is 0 Å². The van der Waals surface area contributed by atoms with Crippen LogP contribution in [0.3, 0.4) is 0 Å². The molecule has 0 aliphatic rings. The normalized spacial score (nSPS) is 11.0. The van der Waals surface area contributed by atoms with Gasteiger partial charge in [-0.3, -0.25) is 0 Å². The topological polar surface area (TPSA) is 36.0 Å². The summed E-state index contributed by atoms with van der Waals surface area (Å²) in [6, 6.07) is 3.49. The van der Waals surface area contributed by atoms with E-state index < -0.39 is 0 Å². The van der Waals surface area contributed by atoms with E-state index in [0.717, 1.165) is 16.6 Å². The van der Waals surface area contributed by atoms with Crippen LogP contribution in [0.25, 0.3) is 10.9 Å². The minimum Gasteiger partial charge on any atom is -0.506 e. The number of phenolic OH excluding ortho intramolecular Hbond substituents is 1. The van der Waals surface area contributed by atoms with Gasteiger partial charge in [-0.05, 0) is 19.1 Å². The summed E-state index contributed by atoms with van der Waals surface area (Å²) in [4.78, 5) is 3.07. The zero-order valence-electron chi connectivity index (χ0n) is 6.86. The molecule has 2 rings (SSSR count). The first-order valence-corrected chi connectivity index (χ1v) is 4.51. The molecule has 0 fully saturated rings. The highest BCUT2D eigenvalue weighted by atomic mass is 35.5. The zero-order chi connectivity index (χ0) is 9.59. The third-order valence-corrected chi connectivity index (χ3v) is 2.77. The quantitative estimate of drug-likeness (QED) is 0.694. The third-order valence-electron chi connectivity index (χ3n) is 1.91. The van der Waals surface area contributed by atoms with Crippen LogP contribution >= 0.6 is 23.2 Å². The Morgan fingerprint density at radius 2 is 1.92 bits per heavy atom. The van der Waals surface area contributed by atoms with Crippen molar-refractivity contribution in [1.29, 1.82) is 0 Å². The SMILES string of the molecule is Cc1cc2cc(O)c(Cl)c(Cl)c2[nH]1. The van der Waals surface area contributed by atoms with Crippen LogP contribution in [-0.2, 0) is 0 Å². The molecule has 0 spiro atoms. The number of fused-ring (bicyclic) bond motifs is 1. The molecule has 1 heterocycles. The van der Waals surface area contributed by atoms with Gasteiger partial charge in [-0.15, -0.1) is 0 Å². The molecule has 0 atom stereocenters. The van der Waals surface area contributed by atoms with Crippen molar-refractivity contribution in [2.75, 3.05) is 0 Å². The minimum atomic E-state index is 0.0122. The van der Waals surface area contributed by atoms with Crippen LogP contribution in [-0.4, -0.2) is 10.1 Å². The van der Waals surface area contributed by atoms with Crippen LogP contribution in [0.4, 0.5) is 0 Å². The molecule has 68 valence electrons. The third kappa shape index (κ3) is 1.26. The Morgan fingerprint density at radius 3 is 2.62 bits per heavy atom. The Hall–Kier alpha value is -0.860. The van der Waals surface area contributed by atoms with Crippen molar-refractivity contribution in [3.05, 3.63) is 27.9 Å². The lowest BCUT2D eigenvalue weighted by Crippen LogP contribution is -1.75. The summed E-state index contributed by atoms with van der Waals surface area (Å²) in [6.07, 6.45) is 0. The first kappa shape index (κ1) is 8.73. The fourth-order valence-corrected chi connectivity index (χ4v) is 1.74. The van der Waals surface area contributed by atoms with E-state index in [2.05, 4.69) is 4.98 Å². The largest absolute Gasteiger partial charge is 0.506 e. The zero-order valence-corrected chi connectivity index (χ0v) is 8.37. The van der Waals surface area contributed by atoms with Gasteiger partial charge in [-0.25, -0.2) is 0 Å². The Kier molecular flexibility index (Phi) is 1.90. The number of H-pyrrole nitrogens is 1. The van der Waals surface area contributed by atoms with Crippen molar-refractivity contribution >= 4 is 34.1 Å². The number of aromatic amines is 1. The van der Waals surface area contributed by atoms with Crippen LogP contribution < -0.4 is 0 Å². The summed E-state index contributed by atoms with van der Waals surface area (Å²) in [5.74, 6) is 0.0122. The Balaban J connectivity index is 2.92. The lowest BCUT2D eigenvalue weighted by atomic mass is 10.2. The van der Waals surface area contributed by atoms with E-state index in [1.54, 1.807) is 6.07 Å². The molecule has 0 aliphatic carbocycles. The van der Waals surface area contributed by atoms with Gasteiger partial charge in [0.05, 0.1) is 10.5 Å². The number of aromatic hydroxyl groups is 1. The molecule has 2 N–H and O–H groups in total. The van der Waals surface area contributed by atoms with E-state index in [1.165, 1.54) is 0 Å². The Bertz CT molecular complexity index is 476. The highest BCUT2D eigenvalue weighted by molar-refractivity contribution is 6.45. The summed E-state index contributed by atoms with van der Waals surface area (Å²) in [7, 11) is 0. The molecule has 0 radical (unpaired) electrons. The minimum absolute atomic E-state index is 0.0122. The van der Waals surface area contributed by atoms with E-state index >= 15 is 0 Å². The summed E-state index contributed by atoms with van der Waals surface area (Å²) in [5, 5.41) is 10.8. The van der Waals surface area contributed by atoms with Crippen LogP contribution in [0.1, 0.15) is 5.69 Å². The van der Waals surface area contributed by atoms with Gasteiger partial charge >= 0.3 is 0 Å². The molecule has 0 saturated heterocycles. The molecular formula is C9H7Cl2NO. The highest BCUT2D eigenvalue weighted by Crippen LogP contribution is 2.37. The molecule has 0 aliphatic heterocycles. The second-order valence-corrected chi connectivity index (χ2v) is 3.70. The number of benzene rings is 1. The maximum Gasteiger partial charge on any atom is 0.136 e. The van der Waals surface area contributed by atoms with Gasteiger partial charge in [0, 0.05) is 11.1 Å². The number of hydrogen-bond donors (Lipinski definition) is 2. The molecule has 0 amide bonds. The molecule has 4 heteroatoms. The summed E-state index contributed by atoms with van der Waals surface area (Å²) in [5.41, 5.74) is 1.75. The van der Waals surface area contributed by atoms with Crippen molar-refractivity contribution in [2.45, 2.75) is 6.92 Å². The number of halogens is 2.